The van der Waals surface area contributed by atoms with Crippen LogP contribution in [0.5, 0.6) is 28.7 Å². The van der Waals surface area contributed by atoms with Crippen molar-refractivity contribution in [2.45, 2.75) is 12.3 Å². The zero-order valence-electron chi connectivity index (χ0n) is 18.3. The number of hydrogen-bond donors (Lipinski definition) is 2. The third-order valence-corrected chi connectivity index (χ3v) is 5.92. The highest BCUT2D eigenvalue weighted by Crippen LogP contribution is 2.46. The SMILES string of the molecule is COc1cc(OC)cc([C@H]2CC(=O)Oc3cc(O)c4c(=O)c(-c5ccc(O)cc5)coc4c32)c1. The molecule has 2 heterocycles. The Labute approximate surface area is 193 Å². The Balaban J connectivity index is 1.76. The Morgan fingerprint density at radius 2 is 1.62 bits per heavy atom. The number of rotatable bonds is 4. The first-order chi connectivity index (χ1) is 16.4. The molecular formula is C26H20O8. The molecule has 0 unspecified atom stereocenters. The van der Waals surface area contributed by atoms with Gasteiger partial charge in [-0.3, -0.25) is 9.59 Å². The summed E-state index contributed by atoms with van der Waals surface area (Å²) < 4.78 is 22.1. The lowest BCUT2D eigenvalue weighted by atomic mass is 9.84. The largest absolute Gasteiger partial charge is 0.508 e. The molecule has 5 rings (SSSR count). The van der Waals surface area contributed by atoms with Gasteiger partial charge in [-0.25, -0.2) is 0 Å². The molecule has 0 saturated heterocycles. The summed E-state index contributed by atoms with van der Waals surface area (Å²) in [6, 6.07) is 12.6. The number of phenols is 2. The van der Waals surface area contributed by atoms with Gasteiger partial charge in [0.1, 0.15) is 46.0 Å². The van der Waals surface area contributed by atoms with E-state index >= 15 is 0 Å². The zero-order valence-corrected chi connectivity index (χ0v) is 18.3. The fourth-order valence-electron chi connectivity index (χ4n) is 4.29. The van der Waals surface area contributed by atoms with E-state index in [4.69, 9.17) is 18.6 Å². The molecule has 3 aromatic carbocycles. The van der Waals surface area contributed by atoms with Crippen molar-refractivity contribution in [1.29, 1.82) is 0 Å². The van der Waals surface area contributed by atoms with Crippen molar-refractivity contribution in [3.05, 3.63) is 76.1 Å². The van der Waals surface area contributed by atoms with Crippen LogP contribution in [0.1, 0.15) is 23.5 Å². The second-order valence-corrected chi connectivity index (χ2v) is 7.91. The van der Waals surface area contributed by atoms with Crippen LogP contribution in [0.15, 0.2) is 64.0 Å². The van der Waals surface area contributed by atoms with E-state index in [9.17, 15) is 19.8 Å². The molecule has 34 heavy (non-hydrogen) atoms. The van der Waals surface area contributed by atoms with Crippen LogP contribution in [0.2, 0.25) is 0 Å². The lowest BCUT2D eigenvalue weighted by Gasteiger charge is -2.26. The average molecular weight is 460 g/mol. The van der Waals surface area contributed by atoms with Crippen LogP contribution in [-0.4, -0.2) is 30.4 Å². The van der Waals surface area contributed by atoms with Crippen molar-refractivity contribution in [2.24, 2.45) is 0 Å². The summed E-state index contributed by atoms with van der Waals surface area (Å²) >= 11 is 0. The number of ether oxygens (including phenoxy) is 3. The summed E-state index contributed by atoms with van der Waals surface area (Å²) in [5.41, 5.74) is 1.58. The van der Waals surface area contributed by atoms with E-state index in [1.165, 1.54) is 38.7 Å². The Kier molecular flexibility index (Phi) is 5.13. The average Bonchev–Trinajstić information content (AvgIpc) is 2.83. The van der Waals surface area contributed by atoms with Crippen LogP contribution >= 0.6 is 0 Å². The number of benzene rings is 3. The number of fused-ring (bicyclic) bond motifs is 3. The number of methoxy groups -OCH3 is 2. The first-order valence-corrected chi connectivity index (χ1v) is 10.4. The van der Waals surface area contributed by atoms with Crippen LogP contribution < -0.4 is 19.6 Å². The Bertz CT molecular complexity index is 1460. The van der Waals surface area contributed by atoms with Gasteiger partial charge in [0, 0.05) is 23.6 Å². The third-order valence-electron chi connectivity index (χ3n) is 5.92. The maximum atomic E-state index is 13.4. The molecule has 172 valence electrons. The van der Waals surface area contributed by atoms with Gasteiger partial charge in [0.15, 0.2) is 0 Å². The van der Waals surface area contributed by atoms with E-state index in [1.807, 2.05) is 0 Å². The summed E-state index contributed by atoms with van der Waals surface area (Å²) in [5.74, 6) is -0.132. The molecule has 4 aromatic rings. The first-order valence-electron chi connectivity index (χ1n) is 10.4. The standard InChI is InChI=1S/C26H20O8/c1-31-16-7-14(8-17(9-16)32-2)18-10-22(29)34-21-11-20(28)24-25(30)19(12-33-26(24)23(18)21)13-3-5-15(27)6-4-13/h3-9,11-12,18,27-28H,10H2,1-2H3/t18-/m1/s1. The Hall–Kier alpha value is -4.46. The number of carbonyl (C=O) groups excluding carboxylic acids is 1. The minimum Gasteiger partial charge on any atom is -0.508 e. The predicted octanol–water partition coefficient (Wildman–Crippen LogP) is 4.33. The highest BCUT2D eigenvalue weighted by Gasteiger charge is 2.34. The Morgan fingerprint density at radius 1 is 0.941 bits per heavy atom. The van der Waals surface area contributed by atoms with Gasteiger partial charge < -0.3 is 28.8 Å². The molecule has 0 radical (unpaired) electrons. The monoisotopic (exact) mass is 460 g/mol. The van der Waals surface area contributed by atoms with Crippen molar-refractivity contribution in [1.82, 2.24) is 0 Å². The van der Waals surface area contributed by atoms with Gasteiger partial charge in [0.2, 0.25) is 5.43 Å². The lowest BCUT2D eigenvalue weighted by molar-refractivity contribution is -0.135. The van der Waals surface area contributed by atoms with E-state index in [1.54, 1.807) is 30.3 Å². The van der Waals surface area contributed by atoms with Crippen molar-refractivity contribution in [3.63, 3.8) is 0 Å². The number of carbonyl (C=O) groups is 1. The molecular weight excluding hydrogens is 440 g/mol. The second kappa shape index (κ2) is 8.15. The van der Waals surface area contributed by atoms with E-state index < -0.39 is 17.3 Å². The van der Waals surface area contributed by atoms with Crippen LogP contribution in [0.3, 0.4) is 0 Å². The number of hydrogen-bond acceptors (Lipinski definition) is 8. The molecule has 0 amide bonds. The topological polar surface area (TPSA) is 115 Å². The van der Waals surface area contributed by atoms with Crippen LogP contribution in [0.25, 0.3) is 22.1 Å². The van der Waals surface area contributed by atoms with E-state index in [-0.39, 0.29) is 40.2 Å². The van der Waals surface area contributed by atoms with Gasteiger partial charge >= 0.3 is 5.97 Å². The quantitative estimate of drug-likeness (QED) is 0.342. The van der Waals surface area contributed by atoms with E-state index in [0.717, 1.165) is 0 Å². The molecule has 0 bridgehead atoms. The first kappa shape index (κ1) is 21.4. The summed E-state index contributed by atoms with van der Waals surface area (Å²) in [4.78, 5) is 25.8. The van der Waals surface area contributed by atoms with Crippen LogP contribution in [0.4, 0.5) is 0 Å². The van der Waals surface area contributed by atoms with Gasteiger partial charge in [-0.1, -0.05) is 12.1 Å². The molecule has 2 N–H and O–H groups in total. The molecule has 8 nitrogen and oxygen atoms in total. The predicted molar refractivity (Wildman–Crippen MR) is 123 cm³/mol. The number of aromatic hydroxyl groups is 2. The van der Waals surface area contributed by atoms with Gasteiger partial charge in [-0.2, -0.15) is 0 Å². The fourth-order valence-corrected chi connectivity index (χ4v) is 4.29. The summed E-state index contributed by atoms with van der Waals surface area (Å²) in [5, 5.41) is 20.2. The van der Waals surface area contributed by atoms with E-state index in [0.29, 0.717) is 28.2 Å². The molecule has 1 aromatic heterocycles. The van der Waals surface area contributed by atoms with E-state index in [2.05, 4.69) is 0 Å². The summed E-state index contributed by atoms with van der Waals surface area (Å²) in [7, 11) is 3.05. The molecule has 1 atom stereocenters. The molecule has 0 saturated carbocycles. The Morgan fingerprint density at radius 3 is 2.26 bits per heavy atom. The van der Waals surface area contributed by atoms with Gasteiger partial charge in [-0.15, -0.1) is 0 Å². The second-order valence-electron chi connectivity index (χ2n) is 7.91. The van der Waals surface area contributed by atoms with Crippen molar-refractivity contribution in [3.8, 4) is 39.9 Å². The summed E-state index contributed by atoms with van der Waals surface area (Å²) in [6.07, 6.45) is 1.29. The number of phenolic OH excluding ortho intramolecular Hbond substituents is 2. The number of esters is 1. The molecule has 0 fully saturated rings. The molecule has 0 spiro atoms. The zero-order chi connectivity index (χ0) is 24.0. The normalized spacial score (nSPS) is 15.0. The fraction of sp³-hybridized carbons (Fsp3) is 0.154. The van der Waals surface area contributed by atoms with Crippen molar-refractivity contribution >= 4 is 16.9 Å². The lowest BCUT2D eigenvalue weighted by Crippen LogP contribution is -2.22. The minimum absolute atomic E-state index is 0.00732. The van der Waals surface area contributed by atoms with Crippen molar-refractivity contribution in [2.75, 3.05) is 14.2 Å². The van der Waals surface area contributed by atoms with Gasteiger partial charge in [0.05, 0.1) is 26.2 Å². The molecule has 1 aliphatic heterocycles. The van der Waals surface area contributed by atoms with Gasteiger partial charge in [-0.05, 0) is 35.4 Å². The maximum absolute atomic E-state index is 13.4. The maximum Gasteiger partial charge on any atom is 0.312 e. The van der Waals surface area contributed by atoms with Crippen LogP contribution in [0, 0.1) is 0 Å². The third kappa shape index (κ3) is 3.49. The molecule has 1 aliphatic rings. The molecule has 0 aliphatic carbocycles. The smallest absolute Gasteiger partial charge is 0.312 e. The highest BCUT2D eigenvalue weighted by molar-refractivity contribution is 5.94. The minimum atomic E-state index is -0.536. The highest BCUT2D eigenvalue weighted by atomic mass is 16.5. The van der Waals surface area contributed by atoms with Gasteiger partial charge in [0.25, 0.3) is 0 Å². The van der Waals surface area contributed by atoms with Crippen LogP contribution in [-0.2, 0) is 4.79 Å². The van der Waals surface area contributed by atoms with Crippen molar-refractivity contribution < 1.29 is 33.6 Å². The molecule has 8 heteroatoms. The summed E-state index contributed by atoms with van der Waals surface area (Å²) in [6.45, 7) is 0.